The lowest BCUT2D eigenvalue weighted by molar-refractivity contribution is -0.383. The summed E-state index contributed by atoms with van der Waals surface area (Å²) in [6.45, 7) is 1.75. The van der Waals surface area contributed by atoms with Crippen molar-refractivity contribution in [1.82, 2.24) is 0 Å². The highest BCUT2D eigenvalue weighted by atomic mass is 35.5. The third-order valence-corrected chi connectivity index (χ3v) is 3.16. The van der Waals surface area contributed by atoms with Gasteiger partial charge in [-0.05, 0) is 24.6 Å². The van der Waals surface area contributed by atoms with Crippen molar-refractivity contribution in [2.75, 3.05) is 5.32 Å². The van der Waals surface area contributed by atoms with Crippen LogP contribution in [0, 0.1) is 17.0 Å². The molecule has 0 aliphatic carbocycles. The van der Waals surface area contributed by atoms with Crippen molar-refractivity contribution in [2.45, 2.75) is 6.92 Å². The first-order valence-corrected chi connectivity index (χ1v) is 5.87. The fourth-order valence-corrected chi connectivity index (χ4v) is 1.86. The van der Waals surface area contributed by atoms with E-state index < -0.39 is 4.92 Å². The van der Waals surface area contributed by atoms with Crippen molar-refractivity contribution in [3.63, 3.8) is 0 Å². The topological polar surface area (TPSA) is 75.4 Å². The van der Waals surface area contributed by atoms with E-state index >= 15 is 0 Å². The van der Waals surface area contributed by atoms with Gasteiger partial charge in [0.15, 0.2) is 0 Å². The zero-order valence-electron chi connectivity index (χ0n) is 10.1. The molecular weight excluding hydrogens is 268 g/mol. The third-order valence-electron chi connectivity index (χ3n) is 2.67. The molecule has 2 aromatic carbocycles. The van der Waals surface area contributed by atoms with E-state index in [2.05, 4.69) is 5.32 Å². The van der Waals surface area contributed by atoms with Crippen LogP contribution >= 0.6 is 11.6 Å². The van der Waals surface area contributed by atoms with Gasteiger partial charge in [0.05, 0.1) is 15.6 Å². The Bertz CT molecular complexity index is 644. The first-order valence-electron chi connectivity index (χ1n) is 5.49. The number of nitrogens with one attached hydrogen (secondary N) is 1. The van der Waals surface area contributed by atoms with E-state index in [1.165, 1.54) is 12.1 Å². The molecule has 98 valence electrons. The number of rotatable bonds is 3. The maximum Gasteiger partial charge on any atom is 0.294 e. The van der Waals surface area contributed by atoms with Gasteiger partial charge in [-0.2, -0.15) is 0 Å². The highest BCUT2D eigenvalue weighted by Crippen LogP contribution is 2.38. The number of nitro groups is 1. The Morgan fingerprint density at radius 1 is 1.26 bits per heavy atom. The average molecular weight is 279 g/mol. The molecular formula is C13H11ClN2O3. The summed E-state index contributed by atoms with van der Waals surface area (Å²) in [5.41, 5.74) is 1.11. The zero-order valence-corrected chi connectivity index (χ0v) is 10.8. The van der Waals surface area contributed by atoms with Gasteiger partial charge in [0.25, 0.3) is 5.69 Å². The van der Waals surface area contributed by atoms with Crippen molar-refractivity contribution < 1.29 is 10.0 Å². The maximum absolute atomic E-state index is 11.0. The molecule has 0 saturated heterocycles. The fraction of sp³-hybridized carbons (Fsp3) is 0.0769. The molecule has 0 aromatic heterocycles. The lowest BCUT2D eigenvalue weighted by atomic mass is 10.1. The predicted molar refractivity (Wildman–Crippen MR) is 74.2 cm³/mol. The molecule has 0 atom stereocenters. The number of phenolic OH excluding ortho intramolecular Hbond substituents is 1. The normalized spacial score (nSPS) is 10.2. The van der Waals surface area contributed by atoms with Gasteiger partial charge in [0.2, 0.25) is 0 Å². The van der Waals surface area contributed by atoms with Crippen LogP contribution in [0.1, 0.15) is 5.56 Å². The van der Waals surface area contributed by atoms with Crippen LogP contribution < -0.4 is 5.32 Å². The van der Waals surface area contributed by atoms with Gasteiger partial charge in [-0.25, -0.2) is 0 Å². The number of para-hydroxylation sites is 2. The largest absolute Gasteiger partial charge is 0.506 e. The molecule has 6 heteroatoms. The highest BCUT2D eigenvalue weighted by Gasteiger charge is 2.19. The quantitative estimate of drug-likeness (QED) is 0.505. The summed E-state index contributed by atoms with van der Waals surface area (Å²) < 4.78 is 0. The molecule has 5 nitrogen and oxygen atoms in total. The number of benzene rings is 2. The van der Waals surface area contributed by atoms with E-state index in [0.717, 1.165) is 0 Å². The highest BCUT2D eigenvalue weighted by molar-refractivity contribution is 6.34. The van der Waals surface area contributed by atoms with E-state index in [-0.39, 0.29) is 22.1 Å². The lowest BCUT2D eigenvalue weighted by Gasteiger charge is -2.11. The number of nitro benzene ring substituents is 1. The summed E-state index contributed by atoms with van der Waals surface area (Å²) in [4.78, 5) is 10.5. The van der Waals surface area contributed by atoms with Crippen LogP contribution in [0.15, 0.2) is 36.4 Å². The average Bonchev–Trinajstić information content (AvgIpc) is 2.37. The second kappa shape index (κ2) is 5.16. The Labute approximate surface area is 114 Å². The number of hydrogen-bond acceptors (Lipinski definition) is 4. The minimum Gasteiger partial charge on any atom is -0.506 e. The monoisotopic (exact) mass is 278 g/mol. The van der Waals surface area contributed by atoms with Gasteiger partial charge in [-0.1, -0.05) is 29.8 Å². The zero-order chi connectivity index (χ0) is 14.0. The number of aryl methyl sites for hydroxylation is 1. The summed E-state index contributed by atoms with van der Waals surface area (Å²) in [7, 11) is 0. The minimum absolute atomic E-state index is 0.00521. The van der Waals surface area contributed by atoms with E-state index in [1.54, 1.807) is 31.2 Å². The molecule has 2 aromatic rings. The van der Waals surface area contributed by atoms with Gasteiger partial charge in [0.1, 0.15) is 11.4 Å². The van der Waals surface area contributed by atoms with Crippen molar-refractivity contribution in [3.05, 3.63) is 57.1 Å². The van der Waals surface area contributed by atoms with Gasteiger partial charge in [0, 0.05) is 6.07 Å². The standard InChI is InChI=1S/C13H11ClN2O3/c1-8-6-7-10(16(18)19)13(12(8)14)15-9-4-2-3-5-11(9)17/h2-7,15,17H,1H3. The van der Waals surface area contributed by atoms with Crippen LogP contribution in [0.4, 0.5) is 17.1 Å². The molecule has 0 fully saturated rings. The van der Waals surface area contributed by atoms with E-state index in [4.69, 9.17) is 11.6 Å². The van der Waals surface area contributed by atoms with Gasteiger partial charge >= 0.3 is 0 Å². The summed E-state index contributed by atoms with van der Waals surface area (Å²) >= 11 is 6.10. The summed E-state index contributed by atoms with van der Waals surface area (Å²) in [5.74, 6) is -0.00521. The molecule has 0 saturated carbocycles. The van der Waals surface area contributed by atoms with Crippen LogP contribution in [0.2, 0.25) is 5.02 Å². The van der Waals surface area contributed by atoms with E-state index in [0.29, 0.717) is 11.3 Å². The number of aromatic hydroxyl groups is 1. The van der Waals surface area contributed by atoms with Crippen molar-refractivity contribution >= 4 is 28.7 Å². The van der Waals surface area contributed by atoms with Crippen LogP contribution in [-0.2, 0) is 0 Å². The van der Waals surface area contributed by atoms with Crippen LogP contribution in [-0.4, -0.2) is 10.0 Å². The molecule has 0 radical (unpaired) electrons. The number of hydrogen-bond donors (Lipinski definition) is 2. The molecule has 0 amide bonds. The van der Waals surface area contributed by atoms with Crippen LogP contribution in [0.5, 0.6) is 5.75 Å². The molecule has 0 spiro atoms. The van der Waals surface area contributed by atoms with E-state index in [1.807, 2.05) is 0 Å². The smallest absolute Gasteiger partial charge is 0.294 e. The Hall–Kier alpha value is -2.27. The number of anilines is 2. The second-order valence-electron chi connectivity index (χ2n) is 3.99. The van der Waals surface area contributed by atoms with Gasteiger partial charge in [-0.15, -0.1) is 0 Å². The van der Waals surface area contributed by atoms with E-state index in [9.17, 15) is 15.2 Å². The summed E-state index contributed by atoms with van der Waals surface area (Å²) in [6.07, 6.45) is 0. The van der Waals surface area contributed by atoms with Crippen molar-refractivity contribution in [2.24, 2.45) is 0 Å². The van der Waals surface area contributed by atoms with Gasteiger partial charge < -0.3 is 10.4 Å². The molecule has 2 rings (SSSR count). The molecule has 0 bridgehead atoms. The SMILES string of the molecule is Cc1ccc([N+](=O)[O-])c(Nc2ccccc2O)c1Cl. The third kappa shape index (κ3) is 2.61. The number of nitrogens with zero attached hydrogens (tertiary/aromatic N) is 1. The summed E-state index contributed by atoms with van der Waals surface area (Å²) in [5, 5.41) is 23.8. The minimum atomic E-state index is -0.520. The Kier molecular flexibility index (Phi) is 3.57. The van der Waals surface area contributed by atoms with Crippen LogP contribution in [0.3, 0.4) is 0 Å². The van der Waals surface area contributed by atoms with Crippen molar-refractivity contribution in [1.29, 1.82) is 0 Å². The molecule has 19 heavy (non-hydrogen) atoms. The first kappa shape index (κ1) is 13.2. The molecule has 2 N–H and O–H groups in total. The maximum atomic E-state index is 11.0. The fourth-order valence-electron chi connectivity index (χ4n) is 1.66. The number of phenols is 1. The molecule has 0 aliphatic rings. The lowest BCUT2D eigenvalue weighted by Crippen LogP contribution is -1.99. The molecule has 0 heterocycles. The summed E-state index contributed by atoms with van der Waals surface area (Å²) in [6, 6.07) is 9.42. The number of halogens is 1. The second-order valence-corrected chi connectivity index (χ2v) is 4.37. The Morgan fingerprint density at radius 3 is 2.58 bits per heavy atom. The van der Waals surface area contributed by atoms with Crippen molar-refractivity contribution in [3.8, 4) is 5.75 Å². The molecule has 0 aliphatic heterocycles. The predicted octanol–water partition coefficient (Wildman–Crippen LogP) is 4.01. The molecule has 0 unspecified atom stereocenters. The Morgan fingerprint density at radius 2 is 1.95 bits per heavy atom. The first-order chi connectivity index (χ1) is 9.00. The Balaban J connectivity index is 2.53. The van der Waals surface area contributed by atoms with Crippen LogP contribution in [0.25, 0.3) is 0 Å². The van der Waals surface area contributed by atoms with Gasteiger partial charge in [-0.3, -0.25) is 10.1 Å².